The van der Waals surface area contributed by atoms with Crippen LogP contribution in [-0.2, 0) is 4.79 Å². The molecule has 1 aliphatic rings. The Hall–Kier alpha value is -2.05. The Morgan fingerprint density at radius 2 is 1.92 bits per heavy atom. The predicted octanol–water partition coefficient (Wildman–Crippen LogP) is 2.87. The first-order chi connectivity index (χ1) is 12.1. The second-order valence-electron chi connectivity index (χ2n) is 5.83. The Bertz CT molecular complexity index is 728. The molecule has 1 fully saturated rings. The van der Waals surface area contributed by atoms with Gasteiger partial charge in [-0.2, -0.15) is 0 Å². The maximum atomic E-state index is 12.3. The van der Waals surface area contributed by atoms with Gasteiger partial charge in [-0.15, -0.1) is 11.3 Å². The van der Waals surface area contributed by atoms with Crippen LogP contribution in [0.5, 0.6) is 0 Å². The van der Waals surface area contributed by atoms with Gasteiger partial charge in [0.25, 0.3) is 5.91 Å². The lowest BCUT2D eigenvalue weighted by atomic mass is 10.2. The van der Waals surface area contributed by atoms with Gasteiger partial charge in [0, 0.05) is 49.9 Å². The van der Waals surface area contributed by atoms with E-state index in [9.17, 15) is 9.59 Å². The van der Waals surface area contributed by atoms with Crippen molar-refractivity contribution in [2.75, 3.05) is 37.6 Å². The molecule has 0 unspecified atom stereocenters. The number of nitrogens with zero attached hydrogens (tertiary/aromatic N) is 2. The number of hydrogen-bond donors (Lipinski definition) is 1. The van der Waals surface area contributed by atoms with Crippen molar-refractivity contribution in [3.63, 3.8) is 0 Å². The maximum absolute atomic E-state index is 12.3. The van der Waals surface area contributed by atoms with E-state index in [1.54, 1.807) is 6.07 Å². The smallest absolute Gasteiger partial charge is 0.261 e. The summed E-state index contributed by atoms with van der Waals surface area (Å²) in [6.45, 7) is 3.31. The van der Waals surface area contributed by atoms with E-state index in [2.05, 4.69) is 10.2 Å². The first-order valence-electron chi connectivity index (χ1n) is 8.23. The van der Waals surface area contributed by atoms with Gasteiger partial charge < -0.3 is 15.1 Å². The van der Waals surface area contributed by atoms with E-state index in [0.29, 0.717) is 30.9 Å². The fraction of sp³-hybridized carbons (Fsp3) is 0.333. The van der Waals surface area contributed by atoms with Crippen molar-refractivity contribution in [1.29, 1.82) is 0 Å². The minimum absolute atomic E-state index is 0.0808. The molecule has 0 atom stereocenters. The number of thiophene rings is 1. The van der Waals surface area contributed by atoms with E-state index in [-0.39, 0.29) is 11.8 Å². The zero-order chi connectivity index (χ0) is 17.6. The second-order valence-corrected chi connectivity index (χ2v) is 7.22. The first-order valence-corrected chi connectivity index (χ1v) is 9.49. The second kappa shape index (κ2) is 8.36. The highest BCUT2D eigenvalue weighted by molar-refractivity contribution is 7.12. The van der Waals surface area contributed by atoms with Gasteiger partial charge in [0.15, 0.2) is 0 Å². The summed E-state index contributed by atoms with van der Waals surface area (Å²) in [7, 11) is 0. The third kappa shape index (κ3) is 4.74. The van der Waals surface area contributed by atoms with Crippen LogP contribution in [0.15, 0.2) is 41.8 Å². The lowest BCUT2D eigenvalue weighted by molar-refractivity contribution is -0.131. The van der Waals surface area contributed by atoms with Gasteiger partial charge in [0.05, 0.1) is 4.88 Å². The third-order valence-corrected chi connectivity index (χ3v) is 5.28. The number of piperazine rings is 1. The fourth-order valence-electron chi connectivity index (χ4n) is 2.82. The molecule has 1 N–H and O–H groups in total. The molecular formula is C18H20ClN3O2S. The van der Waals surface area contributed by atoms with Gasteiger partial charge in [-0.05, 0) is 29.6 Å². The molecule has 1 saturated heterocycles. The lowest BCUT2D eigenvalue weighted by Crippen LogP contribution is -2.49. The zero-order valence-corrected chi connectivity index (χ0v) is 15.4. The van der Waals surface area contributed by atoms with E-state index < -0.39 is 0 Å². The van der Waals surface area contributed by atoms with Crippen LogP contribution in [0, 0.1) is 0 Å². The van der Waals surface area contributed by atoms with Crippen LogP contribution < -0.4 is 10.2 Å². The molecular weight excluding hydrogens is 358 g/mol. The normalized spacial score (nSPS) is 14.4. The number of halogens is 1. The van der Waals surface area contributed by atoms with E-state index >= 15 is 0 Å². The molecule has 7 heteroatoms. The summed E-state index contributed by atoms with van der Waals surface area (Å²) in [6.07, 6.45) is 0.328. The Labute approximate surface area is 156 Å². The highest BCUT2D eigenvalue weighted by atomic mass is 35.5. The zero-order valence-electron chi connectivity index (χ0n) is 13.8. The molecule has 1 aliphatic heterocycles. The Morgan fingerprint density at radius 3 is 2.60 bits per heavy atom. The van der Waals surface area contributed by atoms with E-state index in [1.807, 2.05) is 40.6 Å². The molecule has 1 aromatic heterocycles. The molecule has 5 nitrogen and oxygen atoms in total. The molecule has 0 spiro atoms. The molecule has 1 aromatic carbocycles. The highest BCUT2D eigenvalue weighted by Crippen LogP contribution is 2.20. The number of nitrogens with one attached hydrogen (secondary N) is 1. The monoisotopic (exact) mass is 377 g/mol. The summed E-state index contributed by atoms with van der Waals surface area (Å²) in [5, 5.41) is 5.38. The Kier molecular flexibility index (Phi) is 5.94. The number of anilines is 1. The maximum Gasteiger partial charge on any atom is 0.261 e. The average Bonchev–Trinajstić information content (AvgIpc) is 3.16. The topological polar surface area (TPSA) is 52.7 Å². The summed E-state index contributed by atoms with van der Waals surface area (Å²) < 4.78 is 0. The molecule has 2 aromatic rings. The molecule has 25 heavy (non-hydrogen) atoms. The lowest BCUT2D eigenvalue weighted by Gasteiger charge is -2.36. The summed E-state index contributed by atoms with van der Waals surface area (Å²) in [6, 6.07) is 11.4. The van der Waals surface area contributed by atoms with E-state index in [0.717, 1.165) is 23.8 Å². The minimum atomic E-state index is -0.117. The quantitative estimate of drug-likeness (QED) is 0.871. The van der Waals surface area contributed by atoms with Gasteiger partial charge in [-0.1, -0.05) is 23.7 Å². The summed E-state index contributed by atoms with van der Waals surface area (Å²) in [5.41, 5.74) is 1.09. The number of hydrogen-bond acceptors (Lipinski definition) is 4. The standard InChI is InChI=1S/C18H20ClN3O2S/c19-14-3-1-4-15(13-14)21-8-10-22(11-9-21)17(23)6-7-20-18(24)16-5-2-12-25-16/h1-5,12-13H,6-11H2,(H,20,24). The van der Waals surface area contributed by atoms with Crippen LogP contribution in [0.25, 0.3) is 0 Å². The summed E-state index contributed by atoms with van der Waals surface area (Å²) in [5.74, 6) is -0.0363. The largest absolute Gasteiger partial charge is 0.368 e. The number of rotatable bonds is 5. The van der Waals surface area contributed by atoms with Crippen molar-refractivity contribution in [3.05, 3.63) is 51.7 Å². The molecule has 0 radical (unpaired) electrons. The Morgan fingerprint density at radius 1 is 1.12 bits per heavy atom. The number of carbonyl (C=O) groups is 2. The van der Waals surface area contributed by atoms with E-state index in [1.165, 1.54) is 11.3 Å². The van der Waals surface area contributed by atoms with Gasteiger partial charge in [-0.3, -0.25) is 9.59 Å². The molecule has 0 saturated carbocycles. The Balaban J connectivity index is 1.41. The summed E-state index contributed by atoms with van der Waals surface area (Å²) in [4.78, 5) is 28.9. The van der Waals surface area contributed by atoms with Crippen LogP contribution in [0.1, 0.15) is 16.1 Å². The van der Waals surface area contributed by atoms with Crippen LogP contribution in [0.2, 0.25) is 5.02 Å². The average molecular weight is 378 g/mol. The number of carbonyl (C=O) groups excluding carboxylic acids is 2. The molecule has 2 amide bonds. The molecule has 0 bridgehead atoms. The fourth-order valence-corrected chi connectivity index (χ4v) is 3.65. The predicted molar refractivity (Wildman–Crippen MR) is 102 cm³/mol. The third-order valence-electron chi connectivity index (χ3n) is 4.18. The molecule has 2 heterocycles. The van der Waals surface area contributed by atoms with Gasteiger partial charge in [0.2, 0.25) is 5.91 Å². The number of amides is 2. The van der Waals surface area contributed by atoms with Crippen LogP contribution in [-0.4, -0.2) is 49.4 Å². The SMILES string of the molecule is O=C(NCCC(=O)N1CCN(c2cccc(Cl)c2)CC1)c1cccs1. The van der Waals surface area contributed by atoms with Crippen molar-refractivity contribution < 1.29 is 9.59 Å². The van der Waals surface area contributed by atoms with Crippen LogP contribution >= 0.6 is 22.9 Å². The van der Waals surface area contributed by atoms with Crippen LogP contribution in [0.4, 0.5) is 5.69 Å². The van der Waals surface area contributed by atoms with E-state index in [4.69, 9.17) is 11.6 Å². The van der Waals surface area contributed by atoms with Crippen molar-refractivity contribution >= 4 is 40.4 Å². The van der Waals surface area contributed by atoms with Crippen molar-refractivity contribution in [1.82, 2.24) is 10.2 Å². The minimum Gasteiger partial charge on any atom is -0.368 e. The first kappa shape index (κ1) is 17.8. The van der Waals surface area contributed by atoms with Gasteiger partial charge >= 0.3 is 0 Å². The van der Waals surface area contributed by atoms with Crippen LogP contribution in [0.3, 0.4) is 0 Å². The molecule has 3 rings (SSSR count). The van der Waals surface area contributed by atoms with Crippen molar-refractivity contribution in [2.24, 2.45) is 0 Å². The molecule has 0 aliphatic carbocycles. The van der Waals surface area contributed by atoms with Crippen molar-refractivity contribution in [3.8, 4) is 0 Å². The van der Waals surface area contributed by atoms with Gasteiger partial charge in [-0.25, -0.2) is 0 Å². The van der Waals surface area contributed by atoms with Gasteiger partial charge in [0.1, 0.15) is 0 Å². The number of benzene rings is 1. The van der Waals surface area contributed by atoms with Crippen molar-refractivity contribution in [2.45, 2.75) is 6.42 Å². The highest BCUT2D eigenvalue weighted by Gasteiger charge is 2.21. The molecule has 132 valence electrons. The summed E-state index contributed by atoms with van der Waals surface area (Å²) >= 11 is 7.43.